The summed E-state index contributed by atoms with van der Waals surface area (Å²) in [6.45, 7) is 0. The molecule has 0 amide bonds. The number of aliphatic hydroxyl groups excluding tert-OH is 1. The summed E-state index contributed by atoms with van der Waals surface area (Å²) in [7, 11) is 0. The van der Waals surface area contributed by atoms with E-state index in [-0.39, 0.29) is 6.42 Å². The van der Waals surface area contributed by atoms with Gasteiger partial charge in [0.25, 0.3) is 0 Å². The van der Waals surface area contributed by atoms with Crippen LogP contribution in [-0.2, 0) is 6.42 Å². The van der Waals surface area contributed by atoms with E-state index < -0.39 is 17.7 Å². The second kappa shape index (κ2) is 6.17. The average Bonchev–Trinajstić information content (AvgIpc) is 2.43. The highest BCUT2D eigenvalue weighted by molar-refractivity contribution is 7.98. The standard InChI is InChI=1S/C15H14F2OS/c1-19-15-5-3-2-4-11(15)14(18)9-10-6-7-12(16)13(17)8-10/h2-8,14,18H,9H2,1H3. The van der Waals surface area contributed by atoms with Crippen molar-refractivity contribution in [3.8, 4) is 0 Å². The smallest absolute Gasteiger partial charge is 0.159 e. The Kier molecular flexibility index (Phi) is 4.56. The first kappa shape index (κ1) is 14.0. The predicted molar refractivity (Wildman–Crippen MR) is 73.2 cm³/mol. The van der Waals surface area contributed by atoms with Crippen molar-refractivity contribution in [3.05, 3.63) is 65.2 Å². The fourth-order valence-electron chi connectivity index (χ4n) is 1.94. The van der Waals surface area contributed by atoms with Crippen LogP contribution in [0.1, 0.15) is 17.2 Å². The molecule has 0 aromatic heterocycles. The fourth-order valence-corrected chi connectivity index (χ4v) is 2.60. The Balaban J connectivity index is 2.20. The zero-order valence-electron chi connectivity index (χ0n) is 10.4. The highest BCUT2D eigenvalue weighted by Gasteiger charge is 2.13. The molecule has 2 rings (SSSR count). The van der Waals surface area contributed by atoms with E-state index in [0.29, 0.717) is 5.56 Å². The van der Waals surface area contributed by atoms with Crippen LogP contribution in [0.2, 0.25) is 0 Å². The van der Waals surface area contributed by atoms with Gasteiger partial charge >= 0.3 is 0 Å². The van der Waals surface area contributed by atoms with E-state index in [1.807, 2.05) is 30.5 Å². The molecule has 0 heterocycles. The Hall–Kier alpha value is -1.39. The van der Waals surface area contributed by atoms with Crippen LogP contribution < -0.4 is 0 Å². The number of hydrogen-bond acceptors (Lipinski definition) is 2. The van der Waals surface area contributed by atoms with Crippen molar-refractivity contribution in [1.82, 2.24) is 0 Å². The van der Waals surface area contributed by atoms with Crippen molar-refractivity contribution >= 4 is 11.8 Å². The number of thioether (sulfide) groups is 1. The first-order chi connectivity index (χ1) is 9.11. The van der Waals surface area contributed by atoms with Crippen LogP contribution in [0, 0.1) is 11.6 Å². The quantitative estimate of drug-likeness (QED) is 0.855. The summed E-state index contributed by atoms with van der Waals surface area (Å²) in [5.74, 6) is -1.76. The summed E-state index contributed by atoms with van der Waals surface area (Å²) in [5.41, 5.74) is 1.38. The first-order valence-electron chi connectivity index (χ1n) is 5.86. The van der Waals surface area contributed by atoms with E-state index in [4.69, 9.17) is 0 Å². The van der Waals surface area contributed by atoms with Gasteiger partial charge in [-0.2, -0.15) is 0 Å². The second-order valence-electron chi connectivity index (χ2n) is 4.21. The van der Waals surface area contributed by atoms with E-state index in [2.05, 4.69) is 0 Å². The number of aliphatic hydroxyl groups is 1. The van der Waals surface area contributed by atoms with E-state index in [1.54, 1.807) is 11.8 Å². The van der Waals surface area contributed by atoms with Gasteiger partial charge < -0.3 is 5.11 Å². The molecule has 0 spiro atoms. The highest BCUT2D eigenvalue weighted by Crippen LogP contribution is 2.28. The zero-order chi connectivity index (χ0) is 13.8. The van der Waals surface area contributed by atoms with Gasteiger partial charge in [-0.25, -0.2) is 8.78 Å². The van der Waals surface area contributed by atoms with Crippen LogP contribution in [0.25, 0.3) is 0 Å². The molecule has 0 aliphatic carbocycles. The molecule has 0 bridgehead atoms. The molecule has 0 saturated heterocycles. The van der Waals surface area contributed by atoms with Gasteiger partial charge in [-0.05, 0) is 35.6 Å². The van der Waals surface area contributed by atoms with Crippen molar-refractivity contribution < 1.29 is 13.9 Å². The second-order valence-corrected chi connectivity index (χ2v) is 5.06. The lowest BCUT2D eigenvalue weighted by molar-refractivity contribution is 0.175. The minimum absolute atomic E-state index is 0.259. The highest BCUT2D eigenvalue weighted by atomic mass is 32.2. The molecule has 4 heteroatoms. The molecule has 0 radical (unpaired) electrons. The maximum atomic E-state index is 13.1. The summed E-state index contributed by atoms with van der Waals surface area (Å²) in [4.78, 5) is 0.984. The van der Waals surface area contributed by atoms with Crippen LogP contribution in [0.3, 0.4) is 0 Å². The maximum Gasteiger partial charge on any atom is 0.159 e. The van der Waals surface area contributed by atoms with Crippen LogP contribution in [-0.4, -0.2) is 11.4 Å². The monoisotopic (exact) mass is 280 g/mol. The molecule has 19 heavy (non-hydrogen) atoms. The van der Waals surface area contributed by atoms with E-state index in [1.165, 1.54) is 6.07 Å². The molecule has 1 N–H and O–H groups in total. The third-order valence-corrected chi connectivity index (χ3v) is 3.72. The Bertz CT molecular complexity index is 572. The van der Waals surface area contributed by atoms with Crippen molar-refractivity contribution in [3.63, 3.8) is 0 Å². The van der Waals surface area contributed by atoms with Crippen molar-refractivity contribution in [2.75, 3.05) is 6.26 Å². The molecule has 1 atom stereocenters. The van der Waals surface area contributed by atoms with Gasteiger partial charge in [0, 0.05) is 11.3 Å². The Morgan fingerprint density at radius 2 is 1.84 bits per heavy atom. The van der Waals surface area contributed by atoms with Crippen molar-refractivity contribution in [2.45, 2.75) is 17.4 Å². The first-order valence-corrected chi connectivity index (χ1v) is 7.09. The van der Waals surface area contributed by atoms with Gasteiger partial charge in [0.05, 0.1) is 6.10 Å². The number of rotatable bonds is 4. The average molecular weight is 280 g/mol. The van der Waals surface area contributed by atoms with Gasteiger partial charge in [-0.1, -0.05) is 24.3 Å². The lowest BCUT2D eigenvalue weighted by atomic mass is 10.0. The molecule has 0 saturated carbocycles. The molecule has 0 aliphatic heterocycles. The van der Waals surface area contributed by atoms with Crippen LogP contribution in [0.5, 0.6) is 0 Å². The maximum absolute atomic E-state index is 13.1. The summed E-state index contributed by atoms with van der Waals surface area (Å²) >= 11 is 1.55. The molecule has 100 valence electrons. The molecule has 2 aromatic rings. The Labute approximate surface area is 115 Å². The summed E-state index contributed by atoms with van der Waals surface area (Å²) in [6, 6.07) is 11.2. The van der Waals surface area contributed by atoms with Gasteiger partial charge in [0.15, 0.2) is 11.6 Å². The molecule has 0 fully saturated rings. The number of benzene rings is 2. The number of hydrogen-bond donors (Lipinski definition) is 1. The normalized spacial score (nSPS) is 12.4. The molecular weight excluding hydrogens is 266 g/mol. The Morgan fingerprint density at radius 3 is 2.53 bits per heavy atom. The summed E-state index contributed by atoms with van der Waals surface area (Å²) < 4.78 is 26.0. The topological polar surface area (TPSA) is 20.2 Å². The third kappa shape index (κ3) is 3.33. The fraction of sp³-hybridized carbons (Fsp3) is 0.200. The minimum Gasteiger partial charge on any atom is -0.388 e. The third-order valence-electron chi connectivity index (χ3n) is 2.91. The largest absolute Gasteiger partial charge is 0.388 e. The SMILES string of the molecule is CSc1ccccc1C(O)Cc1ccc(F)c(F)c1. The van der Waals surface area contributed by atoms with Gasteiger partial charge in [0.2, 0.25) is 0 Å². The van der Waals surface area contributed by atoms with Crippen LogP contribution in [0.15, 0.2) is 47.4 Å². The van der Waals surface area contributed by atoms with Gasteiger partial charge in [-0.15, -0.1) is 11.8 Å². The molecule has 0 aliphatic rings. The van der Waals surface area contributed by atoms with Crippen molar-refractivity contribution in [1.29, 1.82) is 0 Å². The van der Waals surface area contributed by atoms with Gasteiger partial charge in [-0.3, -0.25) is 0 Å². The molecule has 2 aromatic carbocycles. The summed E-state index contributed by atoms with van der Waals surface area (Å²) in [6.07, 6.45) is 1.46. The van der Waals surface area contributed by atoms with E-state index in [9.17, 15) is 13.9 Å². The van der Waals surface area contributed by atoms with Crippen LogP contribution >= 0.6 is 11.8 Å². The number of halogens is 2. The van der Waals surface area contributed by atoms with E-state index >= 15 is 0 Å². The molecular formula is C15H14F2OS. The van der Waals surface area contributed by atoms with E-state index in [0.717, 1.165) is 22.6 Å². The van der Waals surface area contributed by atoms with Gasteiger partial charge in [0.1, 0.15) is 0 Å². The zero-order valence-corrected chi connectivity index (χ0v) is 11.3. The molecule has 1 nitrogen and oxygen atoms in total. The van der Waals surface area contributed by atoms with Crippen LogP contribution in [0.4, 0.5) is 8.78 Å². The molecule has 1 unspecified atom stereocenters. The summed E-state index contributed by atoms with van der Waals surface area (Å²) in [5, 5.41) is 10.2. The lowest BCUT2D eigenvalue weighted by Gasteiger charge is -2.14. The van der Waals surface area contributed by atoms with Crippen molar-refractivity contribution in [2.24, 2.45) is 0 Å². The Morgan fingerprint density at radius 1 is 1.11 bits per heavy atom. The minimum atomic E-state index is -0.886. The lowest BCUT2D eigenvalue weighted by Crippen LogP contribution is -2.04. The predicted octanol–water partition coefficient (Wildman–Crippen LogP) is 3.96.